The topological polar surface area (TPSA) is 83.9 Å². The van der Waals surface area contributed by atoms with E-state index >= 15 is 0 Å². The molecule has 1 saturated heterocycles. The maximum Gasteiger partial charge on any atom is 0.255 e. The van der Waals surface area contributed by atoms with Crippen LogP contribution in [0.5, 0.6) is 11.5 Å². The van der Waals surface area contributed by atoms with Crippen molar-refractivity contribution in [3.8, 4) is 11.5 Å². The van der Waals surface area contributed by atoms with Gasteiger partial charge in [0.1, 0.15) is 17.6 Å². The van der Waals surface area contributed by atoms with Gasteiger partial charge in [0.25, 0.3) is 5.91 Å². The van der Waals surface area contributed by atoms with Crippen LogP contribution in [0.15, 0.2) is 115 Å². The number of benzene rings is 4. The normalized spacial score (nSPS) is 14.1. The molecule has 0 aliphatic carbocycles. The number of rotatable bonds is 12. The van der Waals surface area contributed by atoms with Gasteiger partial charge >= 0.3 is 0 Å². The van der Waals surface area contributed by atoms with E-state index in [-0.39, 0.29) is 29.4 Å². The maximum absolute atomic E-state index is 13.1. The highest BCUT2D eigenvalue weighted by atomic mass is 16.5. The summed E-state index contributed by atoms with van der Waals surface area (Å²) < 4.78 is 12.7. The van der Waals surface area contributed by atoms with Crippen molar-refractivity contribution in [1.29, 1.82) is 0 Å². The average molecular weight is 602 g/mol. The van der Waals surface area contributed by atoms with Crippen molar-refractivity contribution in [1.82, 2.24) is 15.2 Å². The molecule has 1 aliphatic heterocycles. The Balaban J connectivity index is 0.991. The van der Waals surface area contributed by atoms with Crippen LogP contribution in [0.4, 0.5) is 0 Å². The van der Waals surface area contributed by atoms with Gasteiger partial charge in [-0.2, -0.15) is 0 Å². The molecule has 45 heavy (non-hydrogen) atoms. The highest BCUT2D eigenvalue weighted by Gasteiger charge is 2.25. The fourth-order valence-corrected chi connectivity index (χ4v) is 5.89. The third-order valence-electron chi connectivity index (χ3n) is 8.32. The SMILES string of the molecule is O=C(NCCN1CCC(OC(c2ccccc2)c2ccccc2)CC1)c1cc2cccc(OCCc3ccccn3)c2cc1O. The second kappa shape index (κ2) is 14.8. The molecule has 7 heteroatoms. The molecule has 0 atom stereocenters. The second-order valence-electron chi connectivity index (χ2n) is 11.4. The molecular weight excluding hydrogens is 562 g/mol. The molecule has 0 unspecified atom stereocenters. The molecule has 2 N–H and O–H groups in total. The lowest BCUT2D eigenvalue weighted by Gasteiger charge is -2.34. The van der Waals surface area contributed by atoms with E-state index in [2.05, 4.69) is 63.7 Å². The number of piperidine rings is 1. The molecular formula is C38H39N3O4. The second-order valence-corrected chi connectivity index (χ2v) is 11.4. The number of phenolic OH excluding ortho intramolecular Hbond substituents is 1. The molecule has 230 valence electrons. The quantitative estimate of drug-likeness (QED) is 0.169. The van der Waals surface area contributed by atoms with Gasteiger partial charge in [-0.3, -0.25) is 9.78 Å². The summed E-state index contributed by atoms with van der Waals surface area (Å²) in [7, 11) is 0. The van der Waals surface area contributed by atoms with Crippen molar-refractivity contribution in [2.75, 3.05) is 32.8 Å². The number of nitrogens with zero attached hydrogens (tertiary/aromatic N) is 2. The number of aromatic nitrogens is 1. The summed E-state index contributed by atoms with van der Waals surface area (Å²) in [5.41, 5.74) is 3.54. The number of nitrogens with one attached hydrogen (secondary N) is 1. The Morgan fingerprint density at radius 3 is 2.29 bits per heavy atom. The first-order valence-electron chi connectivity index (χ1n) is 15.7. The van der Waals surface area contributed by atoms with E-state index < -0.39 is 0 Å². The summed E-state index contributed by atoms with van der Waals surface area (Å²) in [5, 5.41) is 15.4. The highest BCUT2D eigenvalue weighted by molar-refractivity contribution is 6.02. The Morgan fingerprint density at radius 1 is 0.889 bits per heavy atom. The molecule has 0 saturated carbocycles. The van der Waals surface area contributed by atoms with Crippen LogP contribution in [0.1, 0.15) is 46.1 Å². The Kier molecular flexibility index (Phi) is 10.00. The Hall–Kier alpha value is -4.72. The van der Waals surface area contributed by atoms with Crippen LogP contribution < -0.4 is 10.1 Å². The van der Waals surface area contributed by atoms with Gasteiger partial charge in [0.05, 0.1) is 18.3 Å². The molecule has 0 spiro atoms. The lowest BCUT2D eigenvalue weighted by molar-refractivity contribution is -0.0267. The Morgan fingerprint density at radius 2 is 1.60 bits per heavy atom. The number of ether oxygens (including phenoxy) is 2. The van der Waals surface area contributed by atoms with E-state index in [1.54, 1.807) is 18.3 Å². The fourth-order valence-electron chi connectivity index (χ4n) is 5.89. The third kappa shape index (κ3) is 7.87. The molecule has 1 fully saturated rings. The van der Waals surface area contributed by atoms with Gasteiger partial charge in [0, 0.05) is 49.9 Å². The van der Waals surface area contributed by atoms with Gasteiger partial charge in [-0.15, -0.1) is 0 Å². The van der Waals surface area contributed by atoms with Gasteiger partial charge in [0.2, 0.25) is 0 Å². The largest absolute Gasteiger partial charge is 0.507 e. The lowest BCUT2D eigenvalue weighted by atomic mass is 10.00. The minimum Gasteiger partial charge on any atom is -0.507 e. The molecule has 0 radical (unpaired) electrons. The molecule has 6 rings (SSSR count). The average Bonchev–Trinajstić information content (AvgIpc) is 3.09. The van der Waals surface area contributed by atoms with Crippen LogP contribution in [-0.2, 0) is 11.2 Å². The smallest absolute Gasteiger partial charge is 0.255 e. The number of aromatic hydroxyl groups is 1. The van der Waals surface area contributed by atoms with Gasteiger partial charge in [-0.25, -0.2) is 0 Å². The number of hydrogen-bond donors (Lipinski definition) is 2. The number of likely N-dealkylation sites (tertiary alicyclic amines) is 1. The molecule has 4 aromatic carbocycles. The summed E-state index contributed by atoms with van der Waals surface area (Å²) in [6.07, 6.45) is 4.39. The Labute approximate surface area is 264 Å². The maximum atomic E-state index is 13.1. The first-order valence-corrected chi connectivity index (χ1v) is 15.7. The predicted octanol–water partition coefficient (Wildman–Crippen LogP) is 6.56. The zero-order chi connectivity index (χ0) is 30.8. The van der Waals surface area contributed by atoms with Gasteiger partial charge < -0.3 is 24.8 Å². The van der Waals surface area contributed by atoms with Crippen molar-refractivity contribution in [2.24, 2.45) is 0 Å². The number of fused-ring (bicyclic) bond motifs is 1. The van der Waals surface area contributed by atoms with Crippen molar-refractivity contribution in [2.45, 2.75) is 31.5 Å². The van der Waals surface area contributed by atoms with Crippen LogP contribution in [-0.4, -0.2) is 59.8 Å². The number of hydrogen-bond acceptors (Lipinski definition) is 6. The van der Waals surface area contributed by atoms with Crippen LogP contribution in [0.25, 0.3) is 10.8 Å². The zero-order valence-electron chi connectivity index (χ0n) is 25.3. The summed E-state index contributed by atoms with van der Waals surface area (Å²) >= 11 is 0. The highest BCUT2D eigenvalue weighted by Crippen LogP contribution is 2.32. The minimum atomic E-state index is -0.289. The van der Waals surface area contributed by atoms with Gasteiger partial charge in [-0.1, -0.05) is 78.9 Å². The van der Waals surface area contributed by atoms with Crippen molar-refractivity contribution in [3.05, 3.63) is 138 Å². The molecule has 1 aromatic heterocycles. The van der Waals surface area contributed by atoms with E-state index in [0.29, 0.717) is 25.3 Å². The van der Waals surface area contributed by atoms with Crippen LogP contribution in [0.2, 0.25) is 0 Å². The first-order chi connectivity index (χ1) is 22.1. The lowest BCUT2D eigenvalue weighted by Crippen LogP contribution is -2.41. The summed E-state index contributed by atoms with van der Waals surface area (Å²) in [6, 6.07) is 35.6. The molecule has 0 bridgehead atoms. The van der Waals surface area contributed by atoms with Crippen LogP contribution in [0.3, 0.4) is 0 Å². The summed E-state index contributed by atoms with van der Waals surface area (Å²) in [6.45, 7) is 3.50. The van der Waals surface area contributed by atoms with Crippen molar-refractivity contribution < 1.29 is 19.4 Å². The summed E-state index contributed by atoms with van der Waals surface area (Å²) in [5.74, 6) is 0.310. The third-order valence-corrected chi connectivity index (χ3v) is 8.32. The predicted molar refractivity (Wildman–Crippen MR) is 177 cm³/mol. The van der Waals surface area contributed by atoms with E-state index in [1.807, 2.05) is 48.5 Å². The van der Waals surface area contributed by atoms with E-state index in [1.165, 1.54) is 0 Å². The molecule has 7 nitrogen and oxygen atoms in total. The van der Waals surface area contributed by atoms with E-state index in [9.17, 15) is 9.90 Å². The minimum absolute atomic E-state index is 0.0647. The van der Waals surface area contributed by atoms with Crippen LogP contribution in [0, 0.1) is 0 Å². The summed E-state index contributed by atoms with van der Waals surface area (Å²) in [4.78, 5) is 19.7. The van der Waals surface area contributed by atoms with Gasteiger partial charge in [0.15, 0.2) is 0 Å². The number of carbonyl (C=O) groups excluding carboxylic acids is 1. The Bertz CT molecular complexity index is 1630. The van der Waals surface area contributed by atoms with Gasteiger partial charge in [-0.05, 0) is 59.7 Å². The number of phenols is 1. The van der Waals surface area contributed by atoms with Crippen LogP contribution >= 0.6 is 0 Å². The number of pyridine rings is 1. The fraction of sp³-hybridized carbons (Fsp3) is 0.263. The first kappa shape index (κ1) is 30.3. The van der Waals surface area contributed by atoms with E-state index in [4.69, 9.17) is 9.47 Å². The van der Waals surface area contributed by atoms with Crippen molar-refractivity contribution in [3.63, 3.8) is 0 Å². The van der Waals surface area contributed by atoms with E-state index in [0.717, 1.165) is 60.1 Å². The molecule has 1 amide bonds. The standard InChI is InChI=1S/C38H39N3O4/c42-35-27-33-30(14-9-16-36(33)44-25-19-31-15-7-8-20-39-31)26-34(35)38(43)40-21-24-41-22-17-32(18-23-41)45-37(28-10-3-1-4-11-28)29-12-5-2-6-13-29/h1-16,20,26-27,32,37,42H,17-19,21-25H2,(H,40,43). The molecule has 1 aliphatic rings. The molecule has 5 aromatic rings. The zero-order valence-corrected chi connectivity index (χ0v) is 25.3. The number of carbonyl (C=O) groups is 1. The monoisotopic (exact) mass is 601 g/mol. The number of amides is 1. The molecule has 2 heterocycles. The van der Waals surface area contributed by atoms with Crippen molar-refractivity contribution >= 4 is 16.7 Å².